The molecule has 0 bridgehead atoms. The van der Waals surface area contributed by atoms with E-state index in [-0.39, 0.29) is 11.5 Å². The Bertz CT molecular complexity index is 417. The first-order valence-corrected chi connectivity index (χ1v) is 4.10. The van der Waals surface area contributed by atoms with E-state index in [1.54, 1.807) is 6.07 Å². The van der Waals surface area contributed by atoms with Crippen LogP contribution in [0.2, 0.25) is 0 Å². The summed E-state index contributed by atoms with van der Waals surface area (Å²) in [6.45, 7) is 1.75. The molecule has 0 saturated carbocycles. The average molecular weight is 190 g/mol. The van der Waals surface area contributed by atoms with Crippen LogP contribution < -0.4 is 10.9 Å². The van der Waals surface area contributed by atoms with Crippen LogP contribution >= 0.6 is 0 Å². The summed E-state index contributed by atoms with van der Waals surface area (Å²) in [5.41, 5.74) is 0.562. The predicted molar refractivity (Wildman–Crippen MR) is 52.6 cm³/mol. The number of nitrogens with one attached hydrogen (secondary N) is 2. The summed E-state index contributed by atoms with van der Waals surface area (Å²) in [6, 6.07) is 3.03. The van der Waals surface area contributed by atoms with E-state index in [9.17, 15) is 9.59 Å². The van der Waals surface area contributed by atoms with Crippen LogP contribution in [0.3, 0.4) is 0 Å². The third-order valence-corrected chi connectivity index (χ3v) is 1.44. The topological polar surface area (TPSA) is 62.0 Å². The lowest BCUT2D eigenvalue weighted by atomic mass is 10.3. The third-order valence-electron chi connectivity index (χ3n) is 1.44. The van der Waals surface area contributed by atoms with E-state index < -0.39 is 0 Å². The van der Waals surface area contributed by atoms with Crippen LogP contribution in [0.1, 0.15) is 12.5 Å². The van der Waals surface area contributed by atoms with Gasteiger partial charge >= 0.3 is 0 Å². The molecule has 14 heavy (non-hydrogen) atoms. The molecule has 0 aliphatic carbocycles. The number of aromatic nitrogens is 1. The molecule has 1 rings (SSSR count). The van der Waals surface area contributed by atoms with Crippen molar-refractivity contribution in [3.05, 3.63) is 34.2 Å². The van der Waals surface area contributed by atoms with Crippen LogP contribution in [0.5, 0.6) is 0 Å². The van der Waals surface area contributed by atoms with Gasteiger partial charge in [-0.25, -0.2) is 0 Å². The molecule has 0 spiro atoms. The monoisotopic (exact) mass is 190 g/mol. The lowest BCUT2D eigenvalue weighted by Crippen LogP contribution is -2.19. The number of H-pyrrole nitrogens is 1. The smallest absolute Gasteiger partial charge is 0.247 e. The molecule has 0 unspecified atom stereocenters. The average Bonchev–Trinajstić information content (AvgIpc) is 2.15. The predicted octanol–water partition coefficient (Wildman–Crippen LogP) is -0.137. The van der Waals surface area contributed by atoms with E-state index in [1.165, 1.54) is 19.2 Å². The second-order valence-electron chi connectivity index (χ2n) is 2.65. The number of carbonyl (C=O) groups is 1. The van der Waals surface area contributed by atoms with Gasteiger partial charge in [0, 0.05) is 24.8 Å². The summed E-state index contributed by atoms with van der Waals surface area (Å²) in [5.74, 6) is 5.43. The molecule has 1 aromatic heterocycles. The maximum atomic E-state index is 10.7. The highest BCUT2D eigenvalue weighted by Gasteiger charge is 1.86. The number of aromatic amines is 1. The van der Waals surface area contributed by atoms with E-state index in [1.807, 2.05) is 0 Å². The largest absolute Gasteiger partial charge is 0.345 e. The van der Waals surface area contributed by atoms with E-state index >= 15 is 0 Å². The van der Waals surface area contributed by atoms with Gasteiger partial charge in [0.25, 0.3) is 0 Å². The highest BCUT2D eigenvalue weighted by molar-refractivity contribution is 5.73. The first kappa shape index (κ1) is 10.1. The molecule has 1 aromatic rings. The molecule has 0 fully saturated rings. The highest BCUT2D eigenvalue weighted by Crippen LogP contribution is 1.87. The van der Waals surface area contributed by atoms with E-state index in [0.29, 0.717) is 6.54 Å². The van der Waals surface area contributed by atoms with Gasteiger partial charge in [0.1, 0.15) is 0 Å². The Labute approximate surface area is 81.3 Å². The zero-order valence-corrected chi connectivity index (χ0v) is 7.76. The fourth-order valence-corrected chi connectivity index (χ4v) is 0.803. The Kier molecular flexibility index (Phi) is 3.50. The number of pyridine rings is 1. The molecule has 0 saturated heterocycles. The number of rotatable bonds is 1. The van der Waals surface area contributed by atoms with Gasteiger partial charge in [0.2, 0.25) is 11.5 Å². The van der Waals surface area contributed by atoms with Crippen molar-refractivity contribution < 1.29 is 4.79 Å². The summed E-state index contributed by atoms with van der Waals surface area (Å²) < 4.78 is 0. The van der Waals surface area contributed by atoms with Gasteiger partial charge in [-0.3, -0.25) is 9.59 Å². The molecular weight excluding hydrogens is 180 g/mol. The number of carbonyl (C=O) groups excluding carboxylic acids is 1. The molecule has 0 aliphatic rings. The first-order valence-electron chi connectivity index (χ1n) is 4.10. The molecule has 72 valence electrons. The maximum Gasteiger partial charge on any atom is 0.247 e. The normalized spacial score (nSPS) is 8.64. The first-order chi connectivity index (χ1) is 6.68. The summed E-state index contributed by atoms with van der Waals surface area (Å²) in [6.07, 6.45) is 1.53. The minimum Gasteiger partial charge on any atom is -0.345 e. The van der Waals surface area contributed by atoms with Gasteiger partial charge in [-0.2, -0.15) is 0 Å². The fourth-order valence-electron chi connectivity index (χ4n) is 0.803. The molecule has 1 heterocycles. The second-order valence-corrected chi connectivity index (χ2v) is 2.65. The Morgan fingerprint density at radius 1 is 1.57 bits per heavy atom. The summed E-state index contributed by atoms with van der Waals surface area (Å²) in [4.78, 5) is 23.7. The summed E-state index contributed by atoms with van der Waals surface area (Å²) in [7, 11) is 0. The van der Waals surface area contributed by atoms with Gasteiger partial charge in [0.05, 0.1) is 6.54 Å². The van der Waals surface area contributed by atoms with Gasteiger partial charge in [-0.05, 0) is 6.07 Å². The van der Waals surface area contributed by atoms with Crippen molar-refractivity contribution in [2.24, 2.45) is 0 Å². The Balaban J connectivity index is 2.55. The summed E-state index contributed by atoms with van der Waals surface area (Å²) in [5, 5.41) is 2.54. The van der Waals surface area contributed by atoms with Crippen molar-refractivity contribution in [3.8, 4) is 11.8 Å². The lowest BCUT2D eigenvalue weighted by molar-refractivity contribution is -0.118. The molecule has 0 atom stereocenters. The molecule has 0 aromatic carbocycles. The molecule has 4 heteroatoms. The van der Waals surface area contributed by atoms with E-state index in [2.05, 4.69) is 22.1 Å². The Hall–Kier alpha value is -2.02. The zero-order valence-electron chi connectivity index (χ0n) is 7.76. The molecule has 4 nitrogen and oxygen atoms in total. The fraction of sp³-hybridized carbons (Fsp3) is 0.200. The molecule has 2 N–H and O–H groups in total. The third kappa shape index (κ3) is 3.59. The summed E-state index contributed by atoms with van der Waals surface area (Å²) >= 11 is 0. The number of hydrogen-bond donors (Lipinski definition) is 2. The number of hydrogen-bond acceptors (Lipinski definition) is 2. The van der Waals surface area contributed by atoms with E-state index in [0.717, 1.165) is 5.56 Å². The minimum absolute atomic E-state index is 0.110. The van der Waals surface area contributed by atoms with Gasteiger partial charge in [0.15, 0.2) is 0 Å². The lowest BCUT2D eigenvalue weighted by Gasteiger charge is -1.91. The molecule has 1 amide bonds. The van der Waals surface area contributed by atoms with Gasteiger partial charge < -0.3 is 10.3 Å². The van der Waals surface area contributed by atoms with Crippen molar-refractivity contribution in [3.63, 3.8) is 0 Å². The van der Waals surface area contributed by atoms with Crippen LogP contribution in [0.4, 0.5) is 0 Å². The van der Waals surface area contributed by atoms with Crippen molar-refractivity contribution in [2.45, 2.75) is 6.92 Å². The van der Waals surface area contributed by atoms with Gasteiger partial charge in [-0.1, -0.05) is 11.8 Å². The van der Waals surface area contributed by atoms with Crippen molar-refractivity contribution >= 4 is 5.91 Å². The zero-order chi connectivity index (χ0) is 10.4. The van der Waals surface area contributed by atoms with Crippen molar-refractivity contribution in [1.82, 2.24) is 10.3 Å². The Morgan fingerprint density at radius 2 is 2.36 bits per heavy atom. The van der Waals surface area contributed by atoms with Crippen LogP contribution in [-0.4, -0.2) is 17.4 Å². The highest BCUT2D eigenvalue weighted by atomic mass is 16.1. The minimum atomic E-state index is -0.155. The van der Waals surface area contributed by atoms with Crippen LogP contribution in [0.25, 0.3) is 0 Å². The van der Waals surface area contributed by atoms with Crippen LogP contribution in [-0.2, 0) is 4.79 Å². The van der Waals surface area contributed by atoms with Crippen molar-refractivity contribution in [2.75, 3.05) is 6.54 Å². The van der Waals surface area contributed by atoms with E-state index in [4.69, 9.17) is 0 Å². The van der Waals surface area contributed by atoms with Crippen LogP contribution in [0, 0.1) is 11.8 Å². The molecular formula is C10H10N2O2. The SMILES string of the molecule is CC(=O)NCC#Cc1ccc(=O)[nH]c1. The number of amides is 1. The van der Waals surface area contributed by atoms with Crippen molar-refractivity contribution in [1.29, 1.82) is 0 Å². The standard InChI is InChI=1S/C10H10N2O2/c1-8(13)11-6-2-3-9-4-5-10(14)12-7-9/h4-5,7H,6H2,1H3,(H,11,13)(H,12,14). The molecule has 0 aliphatic heterocycles. The second kappa shape index (κ2) is 4.87. The van der Waals surface area contributed by atoms with Gasteiger partial charge in [-0.15, -0.1) is 0 Å². The van der Waals surface area contributed by atoms with Crippen LogP contribution in [0.15, 0.2) is 23.1 Å². The molecule has 0 radical (unpaired) electrons. The Morgan fingerprint density at radius 3 is 2.93 bits per heavy atom. The maximum absolute atomic E-state index is 10.7. The quantitative estimate of drug-likeness (QED) is 0.605.